The van der Waals surface area contributed by atoms with Crippen LogP contribution in [0.4, 0.5) is 10.5 Å². The number of amides is 4. The molecular weight excluding hydrogens is 443 g/mol. The third-order valence-electron chi connectivity index (χ3n) is 5.41. The van der Waals surface area contributed by atoms with Gasteiger partial charge in [-0.05, 0) is 36.5 Å². The van der Waals surface area contributed by atoms with E-state index in [4.69, 9.17) is 28.4 Å². The van der Waals surface area contributed by atoms with Crippen molar-refractivity contribution in [3.05, 3.63) is 28.2 Å². The van der Waals surface area contributed by atoms with Crippen LogP contribution >= 0.6 is 23.2 Å². The highest BCUT2D eigenvalue weighted by Gasteiger charge is 2.22. The van der Waals surface area contributed by atoms with Gasteiger partial charge in [-0.15, -0.1) is 0 Å². The van der Waals surface area contributed by atoms with Crippen LogP contribution in [-0.4, -0.2) is 47.6 Å². The molecule has 1 aromatic rings. The van der Waals surface area contributed by atoms with Crippen molar-refractivity contribution in [1.82, 2.24) is 15.7 Å². The van der Waals surface area contributed by atoms with Crippen molar-refractivity contribution in [3.8, 4) is 0 Å². The zero-order chi connectivity index (χ0) is 22.8. The van der Waals surface area contributed by atoms with Crippen LogP contribution in [0.1, 0.15) is 45.4 Å². The number of carbonyl (C=O) groups is 3. The molecule has 8 nitrogen and oxygen atoms in total. The predicted molar refractivity (Wildman–Crippen MR) is 120 cm³/mol. The van der Waals surface area contributed by atoms with Crippen molar-refractivity contribution in [2.45, 2.75) is 45.4 Å². The van der Waals surface area contributed by atoms with Crippen molar-refractivity contribution in [2.24, 2.45) is 11.8 Å². The van der Waals surface area contributed by atoms with Crippen LogP contribution in [0.5, 0.6) is 0 Å². The third-order valence-corrected chi connectivity index (χ3v) is 5.96. The normalized spacial score (nSPS) is 14.7. The lowest BCUT2D eigenvalue weighted by Crippen LogP contribution is -2.42. The van der Waals surface area contributed by atoms with Gasteiger partial charge < -0.3 is 15.5 Å². The van der Waals surface area contributed by atoms with Crippen LogP contribution in [0, 0.1) is 11.8 Å². The Morgan fingerprint density at radius 3 is 2.58 bits per heavy atom. The first kappa shape index (κ1) is 25.2. The maximum Gasteiger partial charge on any atom is 0.319 e. The summed E-state index contributed by atoms with van der Waals surface area (Å²) in [5, 5.41) is 15.0. The molecule has 2 rings (SSSR count). The lowest BCUT2D eigenvalue weighted by atomic mass is 10.0. The standard InChI is InChI=1S/C21H30Cl2N4O4/c1-14(12-24-21(30)25-18-7-6-16(22)11-17(18)23)10-20(29)27(13-19(28)26-31)9-8-15-4-2-3-5-15/h6-7,11,14-15,31H,2-5,8-10,12-13H2,1H3,(H,26,28)(H2,24,25,30)/t14-/m0/s1. The van der Waals surface area contributed by atoms with Gasteiger partial charge in [0.2, 0.25) is 5.91 Å². The van der Waals surface area contributed by atoms with Crippen molar-refractivity contribution in [3.63, 3.8) is 0 Å². The number of benzene rings is 1. The van der Waals surface area contributed by atoms with Gasteiger partial charge in [-0.1, -0.05) is 55.8 Å². The Bertz CT molecular complexity index is 772. The molecule has 0 aromatic heterocycles. The summed E-state index contributed by atoms with van der Waals surface area (Å²) in [5.41, 5.74) is 2.02. The molecule has 1 aromatic carbocycles. The molecular formula is C21H30Cl2N4O4. The Balaban J connectivity index is 1.80. The molecule has 1 fully saturated rings. The topological polar surface area (TPSA) is 111 Å². The molecule has 1 aliphatic rings. The molecule has 0 heterocycles. The lowest BCUT2D eigenvalue weighted by Gasteiger charge is -2.25. The van der Waals surface area contributed by atoms with E-state index in [0.717, 1.165) is 19.3 Å². The molecule has 1 saturated carbocycles. The van der Waals surface area contributed by atoms with Crippen LogP contribution in [-0.2, 0) is 9.59 Å². The van der Waals surface area contributed by atoms with Gasteiger partial charge >= 0.3 is 6.03 Å². The van der Waals surface area contributed by atoms with E-state index < -0.39 is 11.9 Å². The highest BCUT2D eigenvalue weighted by Crippen LogP contribution is 2.28. The zero-order valence-electron chi connectivity index (χ0n) is 17.6. The number of hydroxylamine groups is 1. The SMILES string of the molecule is C[C@H](CNC(=O)Nc1ccc(Cl)cc1Cl)CC(=O)N(CCC1CCCC1)CC(=O)NO. The summed E-state index contributed by atoms with van der Waals surface area (Å²) in [6.07, 6.45) is 5.75. The highest BCUT2D eigenvalue weighted by molar-refractivity contribution is 6.36. The van der Waals surface area contributed by atoms with Gasteiger partial charge in [-0.3, -0.25) is 14.8 Å². The average Bonchev–Trinajstić information content (AvgIpc) is 3.25. The average molecular weight is 473 g/mol. The summed E-state index contributed by atoms with van der Waals surface area (Å²) >= 11 is 11.9. The van der Waals surface area contributed by atoms with Gasteiger partial charge in [0.25, 0.3) is 5.91 Å². The molecule has 0 aliphatic heterocycles. The first-order valence-corrected chi connectivity index (χ1v) is 11.2. The molecule has 0 saturated heterocycles. The summed E-state index contributed by atoms with van der Waals surface area (Å²) in [7, 11) is 0. The van der Waals surface area contributed by atoms with Crippen LogP contribution in [0.3, 0.4) is 0 Å². The number of halogens is 2. The molecule has 31 heavy (non-hydrogen) atoms. The second-order valence-corrected chi connectivity index (χ2v) is 8.90. The van der Waals surface area contributed by atoms with Crippen LogP contribution < -0.4 is 16.1 Å². The van der Waals surface area contributed by atoms with Crippen LogP contribution in [0.2, 0.25) is 10.0 Å². The maximum atomic E-state index is 12.7. The Labute approximate surface area is 192 Å². The molecule has 4 N–H and O–H groups in total. The highest BCUT2D eigenvalue weighted by atomic mass is 35.5. The minimum Gasteiger partial charge on any atom is -0.338 e. The number of urea groups is 1. The van der Waals surface area contributed by atoms with Crippen molar-refractivity contribution < 1.29 is 19.6 Å². The molecule has 0 unspecified atom stereocenters. The lowest BCUT2D eigenvalue weighted by molar-refractivity contribution is -0.140. The Morgan fingerprint density at radius 1 is 1.23 bits per heavy atom. The second kappa shape index (κ2) is 12.7. The fraction of sp³-hybridized carbons (Fsp3) is 0.571. The van der Waals surface area contributed by atoms with Crippen molar-refractivity contribution in [2.75, 3.05) is 25.0 Å². The van der Waals surface area contributed by atoms with E-state index in [0.29, 0.717) is 28.2 Å². The summed E-state index contributed by atoms with van der Waals surface area (Å²) in [4.78, 5) is 37.9. The zero-order valence-corrected chi connectivity index (χ0v) is 19.1. The van der Waals surface area contributed by atoms with E-state index in [-0.39, 0.29) is 31.3 Å². The fourth-order valence-corrected chi connectivity index (χ4v) is 4.12. The first-order valence-electron chi connectivity index (χ1n) is 10.5. The predicted octanol–water partition coefficient (Wildman–Crippen LogP) is 4.06. The van der Waals surface area contributed by atoms with E-state index in [9.17, 15) is 14.4 Å². The number of hydrogen-bond donors (Lipinski definition) is 4. The van der Waals surface area contributed by atoms with Gasteiger partial charge in [0.1, 0.15) is 6.54 Å². The van der Waals surface area contributed by atoms with E-state index in [1.807, 2.05) is 6.92 Å². The summed E-state index contributed by atoms with van der Waals surface area (Å²) in [6, 6.07) is 4.31. The fourth-order valence-electron chi connectivity index (χ4n) is 3.66. The number of nitrogens with one attached hydrogen (secondary N) is 3. The van der Waals surface area contributed by atoms with E-state index >= 15 is 0 Å². The van der Waals surface area contributed by atoms with Gasteiger partial charge in [-0.25, -0.2) is 10.3 Å². The Morgan fingerprint density at radius 2 is 1.94 bits per heavy atom. The number of rotatable bonds is 10. The molecule has 4 amide bonds. The minimum atomic E-state index is -0.621. The summed E-state index contributed by atoms with van der Waals surface area (Å²) in [6.45, 7) is 2.41. The largest absolute Gasteiger partial charge is 0.338 e. The number of carbonyl (C=O) groups excluding carboxylic acids is 3. The van der Waals surface area contributed by atoms with Crippen molar-refractivity contribution >= 4 is 46.7 Å². The Kier molecular flexibility index (Phi) is 10.4. The quantitative estimate of drug-likeness (QED) is 0.304. The van der Waals surface area contributed by atoms with Gasteiger partial charge in [0, 0.05) is 24.5 Å². The van der Waals surface area contributed by atoms with Gasteiger partial charge in [0.15, 0.2) is 0 Å². The molecule has 172 valence electrons. The molecule has 0 radical (unpaired) electrons. The van der Waals surface area contributed by atoms with Crippen molar-refractivity contribution in [1.29, 1.82) is 0 Å². The molecule has 10 heteroatoms. The third kappa shape index (κ3) is 8.93. The van der Waals surface area contributed by atoms with Gasteiger partial charge in [-0.2, -0.15) is 0 Å². The van der Waals surface area contributed by atoms with E-state index in [1.54, 1.807) is 17.6 Å². The monoisotopic (exact) mass is 472 g/mol. The van der Waals surface area contributed by atoms with Crippen LogP contribution in [0.15, 0.2) is 18.2 Å². The smallest absolute Gasteiger partial charge is 0.319 e. The Hall–Kier alpha value is -2.03. The molecule has 1 atom stereocenters. The molecule has 0 bridgehead atoms. The number of hydrogen-bond acceptors (Lipinski definition) is 4. The number of nitrogens with zero attached hydrogens (tertiary/aromatic N) is 1. The number of anilines is 1. The molecule has 0 spiro atoms. The summed E-state index contributed by atoms with van der Waals surface area (Å²) in [5.74, 6) is -0.373. The van der Waals surface area contributed by atoms with E-state index in [1.165, 1.54) is 23.8 Å². The van der Waals surface area contributed by atoms with E-state index in [2.05, 4.69) is 10.6 Å². The molecule has 1 aliphatic carbocycles. The summed E-state index contributed by atoms with van der Waals surface area (Å²) < 4.78 is 0. The maximum absolute atomic E-state index is 12.7. The minimum absolute atomic E-state index is 0.148. The van der Waals surface area contributed by atoms with Crippen LogP contribution in [0.25, 0.3) is 0 Å². The second-order valence-electron chi connectivity index (χ2n) is 8.06. The van der Waals surface area contributed by atoms with Gasteiger partial charge in [0.05, 0.1) is 10.7 Å². The first-order chi connectivity index (χ1) is 14.8.